The largest absolute Gasteiger partial charge is 0.481 e. The van der Waals surface area contributed by atoms with Crippen molar-refractivity contribution < 1.29 is 14.7 Å². The van der Waals surface area contributed by atoms with Crippen LogP contribution in [0, 0.1) is 5.41 Å². The zero-order valence-electron chi connectivity index (χ0n) is 10.5. The van der Waals surface area contributed by atoms with Crippen molar-refractivity contribution in [2.24, 2.45) is 5.41 Å². The smallest absolute Gasteiger partial charge is 0.310 e. The molecule has 1 amide bonds. The van der Waals surface area contributed by atoms with Crippen LogP contribution in [0.25, 0.3) is 0 Å². The summed E-state index contributed by atoms with van der Waals surface area (Å²) in [5.41, 5.74) is 0.169. The Morgan fingerprint density at radius 2 is 2.11 bits per heavy atom. The molecule has 0 atom stereocenters. The van der Waals surface area contributed by atoms with E-state index in [1.807, 2.05) is 24.3 Å². The first-order chi connectivity index (χ1) is 9.02. The molecule has 0 spiro atoms. The molecule has 19 heavy (non-hydrogen) atoms. The molecule has 5 heteroatoms. The van der Waals surface area contributed by atoms with Gasteiger partial charge in [0.05, 0.1) is 5.41 Å². The monoisotopic (exact) mass is 325 g/mol. The van der Waals surface area contributed by atoms with E-state index in [1.54, 1.807) is 0 Å². The highest BCUT2D eigenvalue weighted by atomic mass is 79.9. The van der Waals surface area contributed by atoms with Gasteiger partial charge < -0.3 is 10.4 Å². The van der Waals surface area contributed by atoms with Crippen molar-refractivity contribution >= 4 is 27.8 Å². The highest BCUT2D eigenvalue weighted by molar-refractivity contribution is 9.10. The SMILES string of the molecule is O=C(CC1(C(=O)O)CCC1)NCc1cccc(Br)c1. The lowest BCUT2D eigenvalue weighted by Crippen LogP contribution is -2.42. The third kappa shape index (κ3) is 3.35. The number of hydrogen-bond donors (Lipinski definition) is 2. The van der Waals surface area contributed by atoms with Crippen LogP contribution in [0.2, 0.25) is 0 Å². The van der Waals surface area contributed by atoms with Crippen molar-refractivity contribution in [3.8, 4) is 0 Å². The minimum Gasteiger partial charge on any atom is -0.481 e. The van der Waals surface area contributed by atoms with Crippen LogP contribution < -0.4 is 5.32 Å². The molecule has 2 rings (SSSR count). The van der Waals surface area contributed by atoms with Crippen molar-refractivity contribution in [3.05, 3.63) is 34.3 Å². The number of aliphatic carboxylic acids is 1. The molecule has 1 fully saturated rings. The van der Waals surface area contributed by atoms with Crippen LogP contribution in [0.5, 0.6) is 0 Å². The van der Waals surface area contributed by atoms with Crippen molar-refractivity contribution in [2.45, 2.75) is 32.2 Å². The molecule has 0 bridgehead atoms. The van der Waals surface area contributed by atoms with Gasteiger partial charge in [-0.3, -0.25) is 9.59 Å². The van der Waals surface area contributed by atoms with E-state index in [2.05, 4.69) is 21.2 Å². The molecule has 1 aromatic carbocycles. The van der Waals surface area contributed by atoms with Gasteiger partial charge in [-0.15, -0.1) is 0 Å². The minimum absolute atomic E-state index is 0.0797. The maximum atomic E-state index is 11.8. The summed E-state index contributed by atoms with van der Waals surface area (Å²) < 4.78 is 0.959. The van der Waals surface area contributed by atoms with Gasteiger partial charge in [-0.05, 0) is 30.5 Å². The molecule has 1 aliphatic rings. The van der Waals surface area contributed by atoms with Gasteiger partial charge in [0.2, 0.25) is 5.91 Å². The zero-order valence-corrected chi connectivity index (χ0v) is 12.1. The van der Waals surface area contributed by atoms with E-state index in [9.17, 15) is 9.59 Å². The van der Waals surface area contributed by atoms with Crippen molar-refractivity contribution in [2.75, 3.05) is 0 Å². The summed E-state index contributed by atoms with van der Waals surface area (Å²) >= 11 is 3.37. The Hall–Kier alpha value is -1.36. The molecule has 1 saturated carbocycles. The lowest BCUT2D eigenvalue weighted by atomic mass is 9.66. The first kappa shape index (κ1) is 14.1. The predicted octanol–water partition coefficient (Wildman–Crippen LogP) is 2.71. The number of carboxylic acids is 1. The van der Waals surface area contributed by atoms with Crippen LogP contribution in [0.1, 0.15) is 31.2 Å². The molecule has 4 nitrogen and oxygen atoms in total. The number of carboxylic acid groups (broad SMARTS) is 1. The van der Waals surface area contributed by atoms with Crippen LogP contribution in [0.3, 0.4) is 0 Å². The van der Waals surface area contributed by atoms with Gasteiger partial charge in [0.15, 0.2) is 0 Å². The quantitative estimate of drug-likeness (QED) is 0.874. The molecule has 0 saturated heterocycles. The molecular weight excluding hydrogens is 310 g/mol. The Kier molecular flexibility index (Phi) is 4.24. The number of carbonyl (C=O) groups excluding carboxylic acids is 1. The lowest BCUT2D eigenvalue weighted by molar-refractivity contribution is -0.157. The van der Waals surface area contributed by atoms with Gasteiger partial charge >= 0.3 is 5.97 Å². The summed E-state index contributed by atoms with van der Waals surface area (Å²) in [4.78, 5) is 23.0. The highest BCUT2D eigenvalue weighted by Gasteiger charge is 2.45. The Bertz CT molecular complexity index is 497. The highest BCUT2D eigenvalue weighted by Crippen LogP contribution is 2.44. The number of amides is 1. The normalized spacial score (nSPS) is 16.5. The Morgan fingerprint density at radius 3 is 2.63 bits per heavy atom. The van der Waals surface area contributed by atoms with Crippen LogP contribution in [-0.4, -0.2) is 17.0 Å². The van der Waals surface area contributed by atoms with Gasteiger partial charge in [-0.1, -0.05) is 34.5 Å². The third-order valence-electron chi connectivity index (χ3n) is 3.64. The minimum atomic E-state index is -0.851. The fourth-order valence-electron chi connectivity index (χ4n) is 2.29. The molecule has 0 unspecified atom stereocenters. The Labute approximate surface area is 120 Å². The second-order valence-corrected chi connectivity index (χ2v) is 5.94. The first-order valence-corrected chi connectivity index (χ1v) is 7.06. The average Bonchev–Trinajstić information content (AvgIpc) is 2.31. The van der Waals surface area contributed by atoms with E-state index >= 15 is 0 Å². The Morgan fingerprint density at radius 1 is 1.37 bits per heavy atom. The van der Waals surface area contributed by atoms with E-state index in [0.29, 0.717) is 19.4 Å². The van der Waals surface area contributed by atoms with E-state index in [-0.39, 0.29) is 12.3 Å². The van der Waals surface area contributed by atoms with Crippen LogP contribution in [0.4, 0.5) is 0 Å². The van der Waals surface area contributed by atoms with Gasteiger partial charge in [0, 0.05) is 17.4 Å². The van der Waals surface area contributed by atoms with Gasteiger partial charge in [0.1, 0.15) is 0 Å². The summed E-state index contributed by atoms with van der Waals surface area (Å²) in [6, 6.07) is 7.66. The number of halogens is 1. The van der Waals surface area contributed by atoms with E-state index in [4.69, 9.17) is 5.11 Å². The molecule has 2 N–H and O–H groups in total. The fourth-order valence-corrected chi connectivity index (χ4v) is 2.73. The summed E-state index contributed by atoms with van der Waals surface area (Å²) in [5.74, 6) is -1.04. The van der Waals surface area contributed by atoms with Gasteiger partial charge in [-0.2, -0.15) is 0 Å². The number of benzene rings is 1. The summed E-state index contributed by atoms with van der Waals surface area (Å²) in [6.45, 7) is 0.425. The number of hydrogen-bond acceptors (Lipinski definition) is 2. The number of carbonyl (C=O) groups is 2. The molecule has 0 aromatic heterocycles. The van der Waals surface area contributed by atoms with Crippen LogP contribution in [-0.2, 0) is 16.1 Å². The molecule has 1 aliphatic carbocycles. The second-order valence-electron chi connectivity index (χ2n) is 5.02. The standard InChI is InChI=1S/C14H16BrNO3/c15-11-4-1-3-10(7-11)9-16-12(17)8-14(13(18)19)5-2-6-14/h1,3-4,7H,2,5-6,8-9H2,(H,16,17)(H,18,19). The third-order valence-corrected chi connectivity index (χ3v) is 4.14. The predicted molar refractivity (Wildman–Crippen MR) is 74.5 cm³/mol. The summed E-state index contributed by atoms with van der Waals surface area (Å²) in [6.07, 6.45) is 2.18. The van der Waals surface area contributed by atoms with E-state index < -0.39 is 11.4 Å². The van der Waals surface area contributed by atoms with Crippen molar-refractivity contribution in [1.82, 2.24) is 5.32 Å². The van der Waals surface area contributed by atoms with Crippen molar-refractivity contribution in [3.63, 3.8) is 0 Å². The Balaban J connectivity index is 1.86. The van der Waals surface area contributed by atoms with Crippen LogP contribution in [0.15, 0.2) is 28.7 Å². The number of rotatable bonds is 5. The molecule has 0 heterocycles. The molecular formula is C14H16BrNO3. The van der Waals surface area contributed by atoms with Gasteiger partial charge in [-0.25, -0.2) is 0 Å². The summed E-state index contributed by atoms with van der Waals surface area (Å²) in [7, 11) is 0. The van der Waals surface area contributed by atoms with Crippen molar-refractivity contribution in [1.29, 1.82) is 0 Å². The average molecular weight is 326 g/mol. The first-order valence-electron chi connectivity index (χ1n) is 6.26. The second kappa shape index (κ2) is 5.74. The summed E-state index contributed by atoms with van der Waals surface area (Å²) in [5, 5.41) is 11.9. The number of nitrogens with one attached hydrogen (secondary N) is 1. The molecule has 102 valence electrons. The fraction of sp³-hybridized carbons (Fsp3) is 0.429. The van der Waals surface area contributed by atoms with E-state index in [1.165, 1.54) is 0 Å². The topological polar surface area (TPSA) is 66.4 Å². The molecule has 0 aliphatic heterocycles. The molecule has 0 radical (unpaired) electrons. The van der Waals surface area contributed by atoms with E-state index in [0.717, 1.165) is 16.5 Å². The zero-order chi connectivity index (χ0) is 13.9. The van der Waals surface area contributed by atoms with Gasteiger partial charge in [0.25, 0.3) is 0 Å². The maximum Gasteiger partial charge on any atom is 0.310 e. The maximum absolute atomic E-state index is 11.8. The lowest BCUT2D eigenvalue weighted by Gasteiger charge is -2.36. The molecule has 1 aromatic rings. The van der Waals surface area contributed by atoms with Crippen LogP contribution >= 0.6 is 15.9 Å².